The molecule has 2 aliphatic rings. The number of Topliss-reactive ketones (excluding diaryl/α,β-unsaturated/α-hetero) is 1. The Hall–Kier alpha value is -3.15. The minimum absolute atomic E-state index is 0.0635. The lowest BCUT2D eigenvalue weighted by molar-refractivity contribution is 0.0255. The van der Waals surface area contributed by atoms with Gasteiger partial charge in [0.25, 0.3) is 0 Å². The molecule has 2 heterocycles. The van der Waals surface area contributed by atoms with Crippen LogP contribution in [0.2, 0.25) is 0 Å². The number of phenolic OH excluding ortho intramolecular Hbond substituents is 2. The van der Waals surface area contributed by atoms with Crippen molar-refractivity contribution < 1.29 is 29.2 Å². The van der Waals surface area contributed by atoms with Gasteiger partial charge in [-0.25, -0.2) is 0 Å². The second-order valence-electron chi connectivity index (χ2n) is 9.36. The zero-order chi connectivity index (χ0) is 23.2. The van der Waals surface area contributed by atoms with E-state index in [0.717, 1.165) is 12.0 Å². The molecule has 2 aromatic carbocycles. The Bertz CT molecular complexity index is 1090. The smallest absolute Gasteiger partial charge is 0.174 e. The number of phenols is 2. The summed E-state index contributed by atoms with van der Waals surface area (Å²) in [7, 11) is 1.51. The molecular formula is C26H30O6. The first-order valence-electron chi connectivity index (χ1n) is 10.9. The van der Waals surface area contributed by atoms with Crippen LogP contribution in [0.1, 0.15) is 68.1 Å². The third-order valence-corrected chi connectivity index (χ3v) is 6.41. The summed E-state index contributed by atoms with van der Waals surface area (Å²) >= 11 is 0. The molecule has 2 aliphatic heterocycles. The number of hydrogen-bond acceptors (Lipinski definition) is 6. The molecular weight excluding hydrogens is 408 g/mol. The van der Waals surface area contributed by atoms with E-state index in [1.165, 1.54) is 24.8 Å². The van der Waals surface area contributed by atoms with E-state index in [4.69, 9.17) is 14.2 Å². The zero-order valence-electron chi connectivity index (χ0n) is 19.2. The van der Waals surface area contributed by atoms with E-state index in [-0.39, 0.29) is 35.2 Å². The summed E-state index contributed by atoms with van der Waals surface area (Å²) < 4.78 is 18.1. The quantitative estimate of drug-likeness (QED) is 0.613. The Morgan fingerprint density at radius 3 is 2.66 bits per heavy atom. The van der Waals surface area contributed by atoms with E-state index < -0.39 is 11.7 Å². The number of benzene rings is 2. The van der Waals surface area contributed by atoms with E-state index in [0.29, 0.717) is 29.2 Å². The average molecular weight is 439 g/mol. The van der Waals surface area contributed by atoms with Crippen molar-refractivity contribution in [1.82, 2.24) is 0 Å². The zero-order valence-corrected chi connectivity index (χ0v) is 19.2. The van der Waals surface area contributed by atoms with Gasteiger partial charge in [0.15, 0.2) is 5.78 Å². The predicted molar refractivity (Wildman–Crippen MR) is 121 cm³/mol. The van der Waals surface area contributed by atoms with Gasteiger partial charge in [-0.2, -0.15) is 0 Å². The van der Waals surface area contributed by atoms with Crippen molar-refractivity contribution in [3.8, 4) is 28.7 Å². The molecule has 32 heavy (non-hydrogen) atoms. The lowest BCUT2D eigenvalue weighted by Gasteiger charge is -2.41. The van der Waals surface area contributed by atoms with Crippen molar-refractivity contribution >= 4 is 5.78 Å². The fraction of sp³-hybridized carbons (Fsp3) is 0.423. The number of methoxy groups -OCH3 is 1. The van der Waals surface area contributed by atoms with Gasteiger partial charge in [0.05, 0.1) is 13.5 Å². The molecule has 6 heteroatoms. The van der Waals surface area contributed by atoms with Crippen LogP contribution < -0.4 is 14.2 Å². The van der Waals surface area contributed by atoms with Gasteiger partial charge in [-0.3, -0.25) is 4.79 Å². The first-order valence-corrected chi connectivity index (χ1v) is 10.9. The molecule has 0 radical (unpaired) electrons. The van der Waals surface area contributed by atoms with Gasteiger partial charge in [0.1, 0.15) is 46.0 Å². The van der Waals surface area contributed by atoms with Crippen molar-refractivity contribution in [2.45, 2.75) is 58.7 Å². The number of ether oxygens (including phenoxy) is 3. The van der Waals surface area contributed by atoms with E-state index in [1.54, 1.807) is 12.1 Å². The fourth-order valence-corrected chi connectivity index (χ4v) is 4.54. The van der Waals surface area contributed by atoms with Crippen LogP contribution in [0.15, 0.2) is 35.9 Å². The number of ketones is 1. The second kappa shape index (κ2) is 8.08. The predicted octanol–water partition coefficient (Wildman–Crippen LogP) is 5.50. The van der Waals surface area contributed by atoms with Gasteiger partial charge in [-0.15, -0.1) is 0 Å². The Morgan fingerprint density at radius 2 is 1.97 bits per heavy atom. The monoisotopic (exact) mass is 438 g/mol. The fourth-order valence-electron chi connectivity index (χ4n) is 4.54. The number of fused-ring (bicyclic) bond motifs is 3. The third kappa shape index (κ3) is 3.90. The molecule has 6 nitrogen and oxygen atoms in total. The largest absolute Gasteiger partial charge is 0.508 e. The maximum Gasteiger partial charge on any atom is 0.174 e. The standard InChI is InChI=1S/C26H30O6/c1-14(2)6-7-15-10-18-23(32-26(15,3)4)13-20(29)24-19(28)12-22(31-25(18)24)17-9-8-16(27)11-21(17)30-5/h6,8-9,11,13,15,22,27,29H,7,10,12H2,1-5H3. The Kier molecular flexibility index (Phi) is 5.57. The molecule has 0 amide bonds. The third-order valence-electron chi connectivity index (χ3n) is 6.41. The first kappa shape index (κ1) is 22.1. The van der Waals surface area contributed by atoms with Crippen molar-refractivity contribution in [1.29, 1.82) is 0 Å². The topological polar surface area (TPSA) is 85.2 Å². The van der Waals surface area contributed by atoms with Crippen LogP contribution in [0, 0.1) is 5.92 Å². The molecule has 0 aromatic heterocycles. The Labute approximate surface area is 188 Å². The van der Waals surface area contributed by atoms with Gasteiger partial charge < -0.3 is 24.4 Å². The van der Waals surface area contributed by atoms with Crippen LogP contribution >= 0.6 is 0 Å². The molecule has 0 saturated carbocycles. The van der Waals surface area contributed by atoms with Gasteiger partial charge in [-0.05, 0) is 52.7 Å². The van der Waals surface area contributed by atoms with E-state index >= 15 is 0 Å². The maximum atomic E-state index is 13.1. The summed E-state index contributed by atoms with van der Waals surface area (Å²) in [5.74, 6) is 1.30. The molecule has 2 atom stereocenters. The normalized spacial score (nSPS) is 21.0. The molecule has 0 bridgehead atoms. The summed E-state index contributed by atoms with van der Waals surface area (Å²) in [6.07, 6.45) is 3.18. The van der Waals surface area contributed by atoms with E-state index in [9.17, 15) is 15.0 Å². The lowest BCUT2D eigenvalue weighted by atomic mass is 9.78. The van der Waals surface area contributed by atoms with E-state index in [1.807, 2.05) is 13.8 Å². The van der Waals surface area contributed by atoms with Crippen LogP contribution in [-0.4, -0.2) is 28.7 Å². The maximum absolute atomic E-state index is 13.1. The van der Waals surface area contributed by atoms with Crippen molar-refractivity contribution in [3.63, 3.8) is 0 Å². The number of aromatic hydroxyl groups is 2. The van der Waals surface area contributed by atoms with Crippen molar-refractivity contribution in [2.24, 2.45) is 5.92 Å². The van der Waals surface area contributed by atoms with E-state index in [2.05, 4.69) is 19.9 Å². The summed E-state index contributed by atoms with van der Waals surface area (Å²) in [6, 6.07) is 6.28. The van der Waals surface area contributed by atoms with Gasteiger partial charge >= 0.3 is 0 Å². The molecule has 0 spiro atoms. The van der Waals surface area contributed by atoms with Crippen molar-refractivity contribution in [3.05, 3.63) is 52.6 Å². The van der Waals surface area contributed by atoms with Gasteiger partial charge in [0.2, 0.25) is 0 Å². The highest BCUT2D eigenvalue weighted by molar-refractivity contribution is 6.03. The number of carbonyl (C=O) groups is 1. The summed E-state index contributed by atoms with van der Waals surface area (Å²) in [4.78, 5) is 13.1. The summed E-state index contributed by atoms with van der Waals surface area (Å²) in [5.41, 5.74) is 2.49. The first-order chi connectivity index (χ1) is 15.1. The molecule has 170 valence electrons. The summed E-state index contributed by atoms with van der Waals surface area (Å²) in [5, 5.41) is 20.4. The Balaban J connectivity index is 1.78. The van der Waals surface area contributed by atoms with Crippen LogP contribution in [-0.2, 0) is 6.42 Å². The minimum Gasteiger partial charge on any atom is -0.508 e. The Morgan fingerprint density at radius 1 is 1.22 bits per heavy atom. The number of allylic oxidation sites excluding steroid dienone is 2. The molecule has 0 saturated heterocycles. The molecule has 2 unspecified atom stereocenters. The molecule has 2 aromatic rings. The average Bonchev–Trinajstić information content (AvgIpc) is 2.71. The molecule has 4 rings (SSSR count). The highest BCUT2D eigenvalue weighted by atomic mass is 16.5. The number of carbonyl (C=O) groups excluding carboxylic acids is 1. The SMILES string of the molecule is COc1cc(O)ccc1C1CC(=O)c2c(O)cc3c(c2O1)CC(CC=C(C)C)C(C)(C)O3. The molecule has 0 fully saturated rings. The van der Waals surface area contributed by atoms with Crippen LogP contribution in [0.25, 0.3) is 0 Å². The summed E-state index contributed by atoms with van der Waals surface area (Å²) in [6.45, 7) is 8.24. The minimum atomic E-state index is -0.595. The van der Waals surface area contributed by atoms with Crippen LogP contribution in [0.5, 0.6) is 28.7 Å². The van der Waals surface area contributed by atoms with Crippen molar-refractivity contribution in [2.75, 3.05) is 7.11 Å². The lowest BCUT2D eigenvalue weighted by Crippen LogP contribution is -2.42. The van der Waals surface area contributed by atoms with Crippen LogP contribution in [0.4, 0.5) is 0 Å². The van der Waals surface area contributed by atoms with Crippen LogP contribution in [0.3, 0.4) is 0 Å². The van der Waals surface area contributed by atoms with Gasteiger partial charge in [0, 0.05) is 29.2 Å². The molecule has 0 aliphatic carbocycles. The highest BCUT2D eigenvalue weighted by Crippen LogP contribution is 2.51. The highest BCUT2D eigenvalue weighted by Gasteiger charge is 2.42. The number of rotatable bonds is 4. The molecule has 2 N–H and O–H groups in total. The second-order valence-corrected chi connectivity index (χ2v) is 9.36. The van der Waals surface area contributed by atoms with Gasteiger partial charge in [-0.1, -0.05) is 11.6 Å². The number of hydrogen-bond donors (Lipinski definition) is 2.